The number of hydrogen-bond donors (Lipinski definition) is 2. The number of benzene rings is 2. The van der Waals surface area contributed by atoms with Crippen molar-refractivity contribution in [2.45, 2.75) is 94.6 Å². The summed E-state index contributed by atoms with van der Waals surface area (Å²) in [5.74, 6) is -4.31. The van der Waals surface area contributed by atoms with E-state index in [1.807, 2.05) is 18.2 Å². The monoisotopic (exact) mass is 606 g/mol. The zero-order valence-corrected chi connectivity index (χ0v) is 23.8. The third-order valence-electron chi connectivity index (χ3n) is 7.70. The number of phenols is 2. The van der Waals surface area contributed by atoms with E-state index in [0.717, 1.165) is 56.1 Å². The van der Waals surface area contributed by atoms with Gasteiger partial charge < -0.3 is 14.9 Å². The van der Waals surface area contributed by atoms with Crippen LogP contribution in [-0.2, 0) is 9.84 Å². The van der Waals surface area contributed by atoms with Gasteiger partial charge in [-0.2, -0.15) is 22.0 Å². The van der Waals surface area contributed by atoms with Gasteiger partial charge in [0.1, 0.15) is 27.1 Å². The molecule has 41 heavy (non-hydrogen) atoms. The highest BCUT2D eigenvalue weighted by Crippen LogP contribution is 2.46. The fourth-order valence-electron chi connectivity index (χ4n) is 5.38. The standard InChI is InChI=1S/C30H39F5O5S/c31-29(32,30(33,34)35)17-9-19-41(38,39)18-8-6-4-2-1-3-5-7-10-25-26-16-15-24(37)20-28(26)40-21-27(25)22-11-13-23(36)14-12-22/h11-16,20,25,27,36-37H,1-10,17-19,21H2/t25-,27-/m1/s1. The lowest BCUT2D eigenvalue weighted by Crippen LogP contribution is -2.36. The number of aromatic hydroxyl groups is 2. The summed E-state index contributed by atoms with van der Waals surface area (Å²) in [4.78, 5) is 0. The fraction of sp³-hybridized carbons (Fsp3) is 0.600. The van der Waals surface area contributed by atoms with Gasteiger partial charge in [-0.25, -0.2) is 8.42 Å². The minimum atomic E-state index is -5.66. The number of alkyl halides is 5. The Morgan fingerprint density at radius 1 is 0.756 bits per heavy atom. The lowest BCUT2D eigenvalue weighted by molar-refractivity contribution is -0.284. The van der Waals surface area contributed by atoms with Crippen molar-refractivity contribution in [2.75, 3.05) is 18.1 Å². The van der Waals surface area contributed by atoms with Gasteiger partial charge in [-0.15, -0.1) is 0 Å². The van der Waals surface area contributed by atoms with E-state index in [4.69, 9.17) is 4.74 Å². The van der Waals surface area contributed by atoms with Crippen molar-refractivity contribution < 1.29 is 45.3 Å². The Morgan fingerprint density at radius 3 is 1.95 bits per heavy atom. The molecule has 2 aromatic rings. The minimum Gasteiger partial charge on any atom is -0.508 e. The molecule has 0 amide bonds. The molecule has 0 aromatic heterocycles. The van der Waals surface area contributed by atoms with Gasteiger partial charge >= 0.3 is 12.1 Å². The lowest BCUT2D eigenvalue weighted by atomic mass is 9.77. The first-order valence-corrected chi connectivity index (χ1v) is 16.0. The Morgan fingerprint density at radius 2 is 1.32 bits per heavy atom. The zero-order valence-electron chi connectivity index (χ0n) is 23.0. The van der Waals surface area contributed by atoms with E-state index in [0.29, 0.717) is 25.2 Å². The molecule has 5 nitrogen and oxygen atoms in total. The second kappa shape index (κ2) is 14.6. The second-order valence-corrected chi connectivity index (χ2v) is 13.2. The van der Waals surface area contributed by atoms with Crippen molar-refractivity contribution in [3.63, 3.8) is 0 Å². The number of phenolic OH excluding ortho intramolecular Hbond substituents is 2. The first-order valence-electron chi connectivity index (χ1n) is 14.2. The topological polar surface area (TPSA) is 83.8 Å². The maximum Gasteiger partial charge on any atom is 0.453 e. The molecule has 3 rings (SSSR count). The van der Waals surface area contributed by atoms with Crippen molar-refractivity contribution in [3.8, 4) is 17.2 Å². The molecule has 2 aromatic carbocycles. The number of hydrogen-bond acceptors (Lipinski definition) is 5. The zero-order chi connectivity index (χ0) is 30.1. The van der Waals surface area contributed by atoms with Gasteiger partial charge in [-0.3, -0.25) is 0 Å². The molecule has 1 aliphatic rings. The average Bonchev–Trinajstić information content (AvgIpc) is 2.89. The van der Waals surface area contributed by atoms with Crippen LogP contribution < -0.4 is 4.74 Å². The number of sulfone groups is 1. The molecule has 0 fully saturated rings. The summed E-state index contributed by atoms with van der Waals surface area (Å²) >= 11 is 0. The van der Waals surface area contributed by atoms with Gasteiger partial charge in [0.2, 0.25) is 0 Å². The van der Waals surface area contributed by atoms with Crippen molar-refractivity contribution in [3.05, 3.63) is 53.6 Å². The molecule has 0 spiro atoms. The molecule has 0 unspecified atom stereocenters. The number of fused-ring (bicyclic) bond motifs is 1. The predicted molar refractivity (Wildman–Crippen MR) is 148 cm³/mol. The van der Waals surface area contributed by atoms with E-state index in [1.54, 1.807) is 24.3 Å². The van der Waals surface area contributed by atoms with Crippen LogP contribution in [0, 0.1) is 0 Å². The maximum atomic E-state index is 12.9. The van der Waals surface area contributed by atoms with Crippen molar-refractivity contribution >= 4 is 9.84 Å². The highest BCUT2D eigenvalue weighted by molar-refractivity contribution is 7.91. The van der Waals surface area contributed by atoms with Crippen LogP contribution in [0.15, 0.2) is 42.5 Å². The van der Waals surface area contributed by atoms with E-state index < -0.39 is 40.5 Å². The molecule has 11 heteroatoms. The molecule has 0 saturated heterocycles. The summed E-state index contributed by atoms with van der Waals surface area (Å²) in [5, 5.41) is 19.5. The molecule has 0 radical (unpaired) electrons. The van der Waals surface area contributed by atoms with Crippen molar-refractivity contribution in [2.24, 2.45) is 0 Å². The Balaban J connectivity index is 1.33. The average molecular weight is 607 g/mol. The summed E-state index contributed by atoms with van der Waals surface area (Å²) in [6, 6.07) is 12.4. The van der Waals surface area contributed by atoms with Crippen LogP contribution in [0.25, 0.3) is 0 Å². The van der Waals surface area contributed by atoms with Gasteiger partial charge in [-0.05, 0) is 54.5 Å². The Bertz CT molecular complexity index is 1200. The minimum absolute atomic E-state index is 0.130. The van der Waals surface area contributed by atoms with Crippen LogP contribution in [0.3, 0.4) is 0 Å². The predicted octanol–water partition coefficient (Wildman–Crippen LogP) is 8.26. The number of rotatable bonds is 16. The summed E-state index contributed by atoms with van der Waals surface area (Å²) in [6.07, 6.45) is -0.0741. The van der Waals surface area contributed by atoms with Crippen LogP contribution in [-0.4, -0.2) is 48.8 Å². The Labute approximate surface area is 238 Å². The number of halogens is 5. The van der Waals surface area contributed by atoms with Gasteiger partial charge in [0.15, 0.2) is 0 Å². The first-order chi connectivity index (χ1) is 19.3. The van der Waals surface area contributed by atoms with Crippen molar-refractivity contribution in [1.82, 2.24) is 0 Å². The first kappa shape index (κ1) is 32.9. The molecule has 230 valence electrons. The third-order valence-corrected chi connectivity index (χ3v) is 9.52. The third kappa shape index (κ3) is 10.0. The molecule has 2 atom stereocenters. The highest BCUT2D eigenvalue weighted by atomic mass is 32.2. The Kier molecular flexibility index (Phi) is 11.7. The van der Waals surface area contributed by atoms with Crippen LogP contribution in [0.2, 0.25) is 0 Å². The summed E-state index contributed by atoms with van der Waals surface area (Å²) in [7, 11) is -3.65. The summed E-state index contributed by atoms with van der Waals surface area (Å²) in [5.41, 5.74) is 2.16. The number of unbranched alkanes of at least 4 members (excludes halogenated alkanes) is 7. The van der Waals surface area contributed by atoms with Gasteiger partial charge in [0.05, 0.1) is 18.1 Å². The van der Waals surface area contributed by atoms with E-state index in [-0.39, 0.29) is 29.1 Å². The summed E-state index contributed by atoms with van der Waals surface area (Å²) < 4.78 is 92.3. The highest BCUT2D eigenvalue weighted by Gasteiger charge is 2.56. The van der Waals surface area contributed by atoms with Crippen LogP contribution in [0.5, 0.6) is 17.2 Å². The molecule has 1 aliphatic heterocycles. The molecular weight excluding hydrogens is 567 g/mol. The van der Waals surface area contributed by atoms with E-state index in [2.05, 4.69) is 0 Å². The fourth-order valence-corrected chi connectivity index (χ4v) is 6.81. The van der Waals surface area contributed by atoms with Gasteiger partial charge in [-0.1, -0.05) is 63.1 Å². The molecular formula is C30H39F5O5S. The number of ether oxygens (including phenoxy) is 1. The molecule has 0 bridgehead atoms. The quantitative estimate of drug-likeness (QED) is 0.148. The van der Waals surface area contributed by atoms with Gasteiger partial charge in [0.25, 0.3) is 0 Å². The van der Waals surface area contributed by atoms with E-state index in [9.17, 15) is 40.6 Å². The summed E-state index contributed by atoms with van der Waals surface area (Å²) in [6.45, 7) is 0.488. The lowest BCUT2D eigenvalue weighted by Gasteiger charge is -2.34. The molecule has 0 aliphatic carbocycles. The molecule has 2 N–H and O–H groups in total. The second-order valence-electron chi connectivity index (χ2n) is 10.9. The maximum absolute atomic E-state index is 12.9. The van der Waals surface area contributed by atoms with Crippen molar-refractivity contribution in [1.29, 1.82) is 0 Å². The van der Waals surface area contributed by atoms with E-state index in [1.165, 1.54) is 0 Å². The van der Waals surface area contributed by atoms with Crippen LogP contribution >= 0.6 is 0 Å². The largest absolute Gasteiger partial charge is 0.508 e. The van der Waals surface area contributed by atoms with Gasteiger partial charge in [0, 0.05) is 18.4 Å². The SMILES string of the molecule is O=S(=O)(CCCCCCCCCC[C@@H]1c2ccc(O)cc2OC[C@@H]1c1ccc(O)cc1)CCCC(F)(F)C(F)(F)F. The molecule has 1 heterocycles. The molecule has 0 saturated carbocycles. The Hall–Kier alpha value is -2.56. The van der Waals surface area contributed by atoms with Crippen LogP contribution in [0.1, 0.15) is 93.6 Å². The van der Waals surface area contributed by atoms with Crippen LogP contribution in [0.4, 0.5) is 22.0 Å². The smallest absolute Gasteiger partial charge is 0.453 e. The normalized spacial score (nSPS) is 17.7. The van der Waals surface area contributed by atoms with E-state index >= 15 is 0 Å².